The molecule has 21 heavy (non-hydrogen) atoms. The van der Waals surface area contributed by atoms with Crippen LogP contribution < -0.4 is 5.32 Å². The molecular formula is C17H35NO3. The van der Waals surface area contributed by atoms with Crippen molar-refractivity contribution in [1.82, 2.24) is 5.32 Å². The van der Waals surface area contributed by atoms with Crippen LogP contribution in [0.2, 0.25) is 0 Å². The van der Waals surface area contributed by atoms with Gasteiger partial charge in [0, 0.05) is 6.54 Å². The first-order valence-electron chi connectivity index (χ1n) is 8.94. The Morgan fingerprint density at radius 2 is 1.43 bits per heavy atom. The SMILES string of the molecule is CCCCCCCCCCCCC(O)C1NCC(O)C1O. The number of nitrogens with one attached hydrogen (secondary N) is 1. The largest absolute Gasteiger partial charge is 0.391 e. The van der Waals surface area contributed by atoms with Crippen molar-refractivity contribution in [3.05, 3.63) is 0 Å². The van der Waals surface area contributed by atoms with E-state index in [4.69, 9.17) is 0 Å². The van der Waals surface area contributed by atoms with E-state index >= 15 is 0 Å². The van der Waals surface area contributed by atoms with Crippen LogP contribution in [0.1, 0.15) is 77.6 Å². The second-order valence-corrected chi connectivity index (χ2v) is 6.53. The van der Waals surface area contributed by atoms with Gasteiger partial charge in [0.1, 0.15) is 0 Å². The minimum atomic E-state index is -0.830. The molecule has 4 nitrogen and oxygen atoms in total. The van der Waals surface area contributed by atoms with Gasteiger partial charge in [-0.3, -0.25) is 0 Å². The molecule has 4 atom stereocenters. The third-order valence-corrected chi connectivity index (χ3v) is 4.59. The van der Waals surface area contributed by atoms with Gasteiger partial charge in [-0.25, -0.2) is 0 Å². The van der Waals surface area contributed by atoms with Crippen LogP contribution in [-0.4, -0.2) is 46.2 Å². The third kappa shape index (κ3) is 7.59. The van der Waals surface area contributed by atoms with Crippen LogP contribution in [0.25, 0.3) is 0 Å². The number of aliphatic hydroxyl groups is 3. The molecule has 126 valence electrons. The normalized spacial score (nSPS) is 27.1. The summed E-state index contributed by atoms with van der Waals surface area (Å²) in [6.07, 6.45) is 11.4. The average molecular weight is 301 g/mol. The summed E-state index contributed by atoms with van der Waals surface area (Å²) in [5, 5.41) is 32.2. The van der Waals surface area contributed by atoms with Crippen molar-refractivity contribution in [1.29, 1.82) is 0 Å². The lowest BCUT2D eigenvalue weighted by molar-refractivity contribution is 0.00410. The van der Waals surface area contributed by atoms with E-state index in [0.29, 0.717) is 13.0 Å². The highest BCUT2D eigenvalue weighted by Crippen LogP contribution is 2.17. The lowest BCUT2D eigenvalue weighted by Gasteiger charge is -2.22. The highest BCUT2D eigenvalue weighted by molar-refractivity contribution is 4.94. The van der Waals surface area contributed by atoms with Gasteiger partial charge >= 0.3 is 0 Å². The molecule has 0 bridgehead atoms. The van der Waals surface area contributed by atoms with E-state index in [0.717, 1.165) is 12.8 Å². The first-order chi connectivity index (χ1) is 10.2. The molecule has 0 aliphatic carbocycles. The Morgan fingerprint density at radius 3 is 1.90 bits per heavy atom. The van der Waals surface area contributed by atoms with E-state index < -0.39 is 18.3 Å². The Balaban J connectivity index is 1.90. The van der Waals surface area contributed by atoms with Crippen LogP contribution in [0.3, 0.4) is 0 Å². The molecule has 4 N–H and O–H groups in total. The van der Waals surface area contributed by atoms with E-state index in [1.54, 1.807) is 0 Å². The number of β-amino-alcohol motifs (C(OH)–C–C–N with tert-alkyl or cyclic N) is 1. The molecule has 1 rings (SSSR count). The fraction of sp³-hybridized carbons (Fsp3) is 1.00. The van der Waals surface area contributed by atoms with E-state index in [1.807, 2.05) is 0 Å². The summed E-state index contributed by atoms with van der Waals surface area (Å²) in [4.78, 5) is 0. The maximum Gasteiger partial charge on any atom is 0.0989 e. The highest BCUT2D eigenvalue weighted by Gasteiger charge is 2.37. The van der Waals surface area contributed by atoms with Crippen molar-refractivity contribution in [2.24, 2.45) is 0 Å². The molecule has 1 aliphatic rings. The lowest BCUT2D eigenvalue weighted by atomic mass is 9.99. The molecule has 1 heterocycles. The third-order valence-electron chi connectivity index (χ3n) is 4.59. The van der Waals surface area contributed by atoms with Crippen LogP contribution in [0, 0.1) is 0 Å². The molecule has 0 saturated carbocycles. The Kier molecular flexibility index (Phi) is 10.3. The van der Waals surface area contributed by atoms with E-state index in [9.17, 15) is 15.3 Å². The molecule has 0 aromatic carbocycles. The van der Waals surface area contributed by atoms with Crippen LogP contribution in [-0.2, 0) is 0 Å². The summed E-state index contributed by atoms with van der Waals surface area (Å²) >= 11 is 0. The molecular weight excluding hydrogens is 266 g/mol. The van der Waals surface area contributed by atoms with E-state index in [-0.39, 0.29) is 6.04 Å². The monoisotopic (exact) mass is 301 g/mol. The van der Waals surface area contributed by atoms with Gasteiger partial charge in [0.25, 0.3) is 0 Å². The maximum atomic E-state index is 10.0. The van der Waals surface area contributed by atoms with Crippen LogP contribution >= 0.6 is 0 Å². The van der Waals surface area contributed by atoms with Crippen molar-refractivity contribution in [3.8, 4) is 0 Å². The van der Waals surface area contributed by atoms with Crippen molar-refractivity contribution in [2.45, 2.75) is 102 Å². The van der Waals surface area contributed by atoms with Crippen molar-refractivity contribution in [2.75, 3.05) is 6.54 Å². The Bertz CT molecular complexity index is 250. The smallest absolute Gasteiger partial charge is 0.0989 e. The van der Waals surface area contributed by atoms with Gasteiger partial charge in [0.15, 0.2) is 0 Å². The Labute approximate surface area is 130 Å². The molecule has 0 spiro atoms. The zero-order valence-corrected chi connectivity index (χ0v) is 13.6. The van der Waals surface area contributed by atoms with Gasteiger partial charge in [-0.2, -0.15) is 0 Å². The molecule has 0 radical (unpaired) electrons. The summed E-state index contributed by atoms with van der Waals surface area (Å²) in [5.74, 6) is 0. The molecule has 1 aliphatic heterocycles. The Hall–Kier alpha value is -0.160. The van der Waals surface area contributed by atoms with Gasteiger partial charge in [-0.1, -0.05) is 71.1 Å². The van der Waals surface area contributed by atoms with Gasteiger partial charge < -0.3 is 20.6 Å². The van der Waals surface area contributed by atoms with Crippen LogP contribution in [0.5, 0.6) is 0 Å². The molecule has 0 aromatic heterocycles. The number of hydrogen-bond donors (Lipinski definition) is 4. The molecule has 1 saturated heterocycles. The van der Waals surface area contributed by atoms with Gasteiger partial charge in [-0.05, 0) is 6.42 Å². The predicted molar refractivity (Wildman–Crippen MR) is 86.3 cm³/mol. The molecule has 0 aromatic rings. The second kappa shape index (κ2) is 11.4. The fourth-order valence-electron chi connectivity index (χ4n) is 3.12. The number of aliphatic hydroxyl groups excluding tert-OH is 3. The van der Waals surface area contributed by atoms with Crippen molar-refractivity contribution < 1.29 is 15.3 Å². The minimum Gasteiger partial charge on any atom is -0.391 e. The van der Waals surface area contributed by atoms with Crippen molar-refractivity contribution in [3.63, 3.8) is 0 Å². The minimum absolute atomic E-state index is 0.362. The second-order valence-electron chi connectivity index (χ2n) is 6.53. The molecule has 0 amide bonds. The van der Waals surface area contributed by atoms with Crippen LogP contribution in [0.15, 0.2) is 0 Å². The topological polar surface area (TPSA) is 72.7 Å². The summed E-state index contributed by atoms with van der Waals surface area (Å²) < 4.78 is 0. The Morgan fingerprint density at radius 1 is 0.905 bits per heavy atom. The summed E-state index contributed by atoms with van der Waals surface area (Å²) in [6, 6.07) is -0.362. The lowest BCUT2D eigenvalue weighted by Crippen LogP contribution is -2.43. The van der Waals surface area contributed by atoms with Gasteiger partial charge in [0.05, 0.1) is 24.4 Å². The van der Waals surface area contributed by atoms with Gasteiger partial charge in [-0.15, -0.1) is 0 Å². The van der Waals surface area contributed by atoms with Crippen molar-refractivity contribution >= 4 is 0 Å². The predicted octanol–water partition coefficient (Wildman–Crippen LogP) is 2.35. The standard InChI is InChI=1S/C17H35NO3/c1-2-3-4-5-6-7-8-9-10-11-12-14(19)16-17(21)15(20)13-18-16/h14-21H,2-13H2,1H3. The van der Waals surface area contributed by atoms with Gasteiger partial charge in [0.2, 0.25) is 0 Å². The quantitative estimate of drug-likeness (QED) is 0.418. The van der Waals surface area contributed by atoms with E-state index in [1.165, 1.54) is 51.4 Å². The summed E-state index contributed by atoms with van der Waals surface area (Å²) in [6.45, 7) is 2.62. The zero-order valence-electron chi connectivity index (χ0n) is 13.6. The molecule has 4 unspecified atom stereocenters. The summed E-state index contributed by atoms with van der Waals surface area (Å²) in [7, 11) is 0. The molecule has 4 heteroatoms. The number of hydrogen-bond acceptors (Lipinski definition) is 4. The maximum absolute atomic E-state index is 10.0. The highest BCUT2D eigenvalue weighted by atomic mass is 16.3. The first kappa shape index (κ1) is 18.9. The number of unbranched alkanes of at least 4 members (excludes halogenated alkanes) is 9. The van der Waals surface area contributed by atoms with Crippen LogP contribution in [0.4, 0.5) is 0 Å². The molecule has 1 fully saturated rings. The summed E-state index contributed by atoms with van der Waals surface area (Å²) in [5.41, 5.74) is 0. The first-order valence-corrected chi connectivity index (χ1v) is 8.94. The van der Waals surface area contributed by atoms with E-state index in [2.05, 4.69) is 12.2 Å². The fourth-order valence-corrected chi connectivity index (χ4v) is 3.12. The zero-order chi connectivity index (χ0) is 15.5. The number of rotatable bonds is 12. The average Bonchev–Trinajstić information content (AvgIpc) is 2.81.